The fourth-order valence-corrected chi connectivity index (χ4v) is 12.2. The fraction of sp³-hybridized carbons (Fsp3) is 0.973. The predicted molar refractivity (Wildman–Crippen MR) is 352 cm³/mol. The number of rotatable bonds is 71. The second-order valence-electron chi connectivity index (χ2n) is 26.0. The molecule has 0 saturated heterocycles. The minimum atomic E-state index is -0.662. The van der Waals surface area contributed by atoms with Crippen LogP contribution < -0.4 is 5.32 Å². The van der Waals surface area contributed by atoms with Gasteiger partial charge in [0.25, 0.3) is 0 Å². The number of ether oxygens (including phenoxy) is 1. The van der Waals surface area contributed by atoms with Gasteiger partial charge in [0, 0.05) is 12.8 Å². The molecule has 3 N–H and O–H groups in total. The first-order chi connectivity index (χ1) is 39.5. The molecule has 0 radical (unpaired) electrons. The molecule has 0 aliphatic carbocycles. The highest BCUT2D eigenvalue weighted by atomic mass is 16.5. The van der Waals surface area contributed by atoms with Gasteiger partial charge in [-0.2, -0.15) is 0 Å². The molecule has 0 heterocycles. The van der Waals surface area contributed by atoms with Crippen molar-refractivity contribution >= 4 is 11.9 Å². The number of unbranched alkanes of at least 4 members (excludes halogenated alkanes) is 60. The number of hydrogen-bond donors (Lipinski definition) is 3. The normalized spacial score (nSPS) is 12.4. The molecule has 6 nitrogen and oxygen atoms in total. The second kappa shape index (κ2) is 70.3. The first-order valence-corrected chi connectivity index (χ1v) is 37.3. The van der Waals surface area contributed by atoms with Crippen molar-refractivity contribution in [2.24, 2.45) is 0 Å². The lowest BCUT2D eigenvalue weighted by atomic mass is 10.0. The molecule has 80 heavy (non-hydrogen) atoms. The summed E-state index contributed by atoms with van der Waals surface area (Å²) < 4.78 is 5.52. The summed E-state index contributed by atoms with van der Waals surface area (Å²) in [5.74, 6) is -0.00399. The van der Waals surface area contributed by atoms with Crippen molar-refractivity contribution in [2.45, 2.75) is 450 Å². The summed E-state index contributed by atoms with van der Waals surface area (Å²) in [6.07, 6.45) is 85.9. The van der Waals surface area contributed by atoms with Gasteiger partial charge in [-0.3, -0.25) is 9.59 Å². The molecule has 0 saturated carbocycles. The Morgan fingerprint density at radius 3 is 0.762 bits per heavy atom. The molecule has 2 unspecified atom stereocenters. The first kappa shape index (κ1) is 78.9. The highest BCUT2D eigenvalue weighted by molar-refractivity contribution is 5.76. The molecule has 0 rings (SSSR count). The van der Waals surface area contributed by atoms with Gasteiger partial charge in [0.2, 0.25) is 5.91 Å². The van der Waals surface area contributed by atoms with Crippen LogP contribution in [0.4, 0.5) is 0 Å². The van der Waals surface area contributed by atoms with Gasteiger partial charge in [-0.15, -0.1) is 0 Å². The zero-order valence-electron chi connectivity index (χ0n) is 54.9. The fourth-order valence-electron chi connectivity index (χ4n) is 12.2. The third-order valence-corrected chi connectivity index (χ3v) is 17.9. The number of esters is 1. The monoisotopic (exact) mass is 1130 g/mol. The molecule has 2 atom stereocenters. The summed E-state index contributed by atoms with van der Waals surface area (Å²) >= 11 is 0. The van der Waals surface area contributed by atoms with E-state index in [4.69, 9.17) is 4.74 Å². The molecule has 0 fully saturated rings. The summed E-state index contributed by atoms with van der Waals surface area (Å²) in [6.45, 7) is 5.01. The number of carbonyl (C=O) groups excluding carboxylic acids is 2. The molecule has 0 bridgehead atoms. The number of hydrogen-bond acceptors (Lipinski definition) is 5. The second-order valence-corrected chi connectivity index (χ2v) is 26.0. The minimum Gasteiger partial charge on any atom is -0.466 e. The summed E-state index contributed by atoms with van der Waals surface area (Å²) in [7, 11) is 0. The van der Waals surface area contributed by atoms with E-state index < -0.39 is 12.1 Å². The Kier molecular flexibility index (Phi) is 69.3. The van der Waals surface area contributed by atoms with Gasteiger partial charge in [-0.1, -0.05) is 399 Å². The van der Waals surface area contributed by atoms with Crippen molar-refractivity contribution in [2.75, 3.05) is 13.2 Å². The van der Waals surface area contributed by atoms with Crippen molar-refractivity contribution in [3.05, 3.63) is 0 Å². The van der Waals surface area contributed by atoms with E-state index in [9.17, 15) is 19.8 Å². The summed E-state index contributed by atoms with van der Waals surface area (Å²) in [5.41, 5.74) is 0. The number of nitrogens with one attached hydrogen (secondary N) is 1. The topological polar surface area (TPSA) is 95.9 Å². The van der Waals surface area contributed by atoms with Gasteiger partial charge in [0.1, 0.15) is 0 Å². The van der Waals surface area contributed by atoms with E-state index in [0.717, 1.165) is 38.5 Å². The Morgan fingerprint density at radius 1 is 0.300 bits per heavy atom. The molecule has 478 valence electrons. The highest BCUT2D eigenvalue weighted by Crippen LogP contribution is 2.20. The maximum atomic E-state index is 12.5. The molecule has 0 aromatic heterocycles. The van der Waals surface area contributed by atoms with E-state index >= 15 is 0 Å². The standard InChI is InChI=1S/C74H147NO5/c1-3-5-7-9-11-13-15-17-19-21-31-36-40-44-48-52-56-60-64-68-74(79)80-69-65-61-57-53-49-45-41-37-33-30-28-26-24-23-25-27-29-32-35-39-43-47-51-55-59-63-67-73(78)75-71(70-76)72(77)66-62-58-54-50-46-42-38-34-22-20-18-16-14-12-10-8-6-4-2/h71-72,76-77H,3-70H2,1-2H3,(H,75,78). The van der Waals surface area contributed by atoms with Crippen molar-refractivity contribution in [3.8, 4) is 0 Å². The van der Waals surface area contributed by atoms with E-state index in [1.165, 1.54) is 366 Å². The predicted octanol–water partition coefficient (Wildman–Crippen LogP) is 24.2. The van der Waals surface area contributed by atoms with Crippen LogP contribution in [0, 0.1) is 0 Å². The number of aliphatic hydroxyl groups excluding tert-OH is 2. The van der Waals surface area contributed by atoms with Crippen molar-refractivity contribution < 1.29 is 24.5 Å². The van der Waals surface area contributed by atoms with Crippen LogP contribution >= 0.6 is 0 Å². The van der Waals surface area contributed by atoms with Gasteiger partial charge in [-0.25, -0.2) is 0 Å². The molecule has 0 spiro atoms. The lowest BCUT2D eigenvalue weighted by molar-refractivity contribution is -0.143. The van der Waals surface area contributed by atoms with Crippen LogP contribution in [0.25, 0.3) is 0 Å². The van der Waals surface area contributed by atoms with Gasteiger partial charge >= 0.3 is 5.97 Å². The molecule has 0 aromatic rings. The summed E-state index contributed by atoms with van der Waals surface area (Å²) in [5, 5.41) is 23.4. The zero-order chi connectivity index (χ0) is 57.8. The lowest BCUT2D eigenvalue weighted by Crippen LogP contribution is -2.45. The third-order valence-electron chi connectivity index (χ3n) is 17.9. The maximum absolute atomic E-state index is 12.5. The van der Waals surface area contributed by atoms with Gasteiger partial charge in [0.15, 0.2) is 0 Å². The van der Waals surface area contributed by atoms with E-state index in [-0.39, 0.29) is 18.5 Å². The molecular weight excluding hydrogens is 983 g/mol. The smallest absolute Gasteiger partial charge is 0.305 e. The van der Waals surface area contributed by atoms with Crippen LogP contribution in [0.2, 0.25) is 0 Å². The Morgan fingerprint density at radius 2 is 0.512 bits per heavy atom. The largest absolute Gasteiger partial charge is 0.466 e. The summed E-state index contributed by atoms with van der Waals surface area (Å²) in [6, 6.07) is -0.539. The van der Waals surface area contributed by atoms with E-state index in [1.54, 1.807) is 0 Å². The van der Waals surface area contributed by atoms with Crippen LogP contribution in [0.15, 0.2) is 0 Å². The molecule has 1 amide bonds. The first-order valence-electron chi connectivity index (χ1n) is 37.3. The third kappa shape index (κ3) is 66.0. The molecular formula is C74H147NO5. The Balaban J connectivity index is 3.32. The van der Waals surface area contributed by atoms with Crippen molar-refractivity contribution in [1.29, 1.82) is 0 Å². The Bertz CT molecular complexity index is 1160. The van der Waals surface area contributed by atoms with Crippen LogP contribution in [0.3, 0.4) is 0 Å². The molecule has 0 aliphatic rings. The van der Waals surface area contributed by atoms with Crippen LogP contribution in [-0.2, 0) is 14.3 Å². The Labute approximate surface area is 502 Å². The minimum absolute atomic E-state index is 0.0237. The van der Waals surface area contributed by atoms with Crippen LogP contribution in [0.1, 0.15) is 438 Å². The lowest BCUT2D eigenvalue weighted by Gasteiger charge is -2.22. The van der Waals surface area contributed by atoms with Crippen LogP contribution in [0.5, 0.6) is 0 Å². The molecule has 6 heteroatoms. The molecule has 0 aliphatic heterocycles. The summed E-state index contributed by atoms with van der Waals surface area (Å²) in [4.78, 5) is 24.7. The highest BCUT2D eigenvalue weighted by Gasteiger charge is 2.20. The van der Waals surface area contributed by atoms with E-state index in [1.807, 2.05) is 0 Å². The van der Waals surface area contributed by atoms with Gasteiger partial charge < -0.3 is 20.3 Å². The average molecular weight is 1130 g/mol. The van der Waals surface area contributed by atoms with E-state index in [0.29, 0.717) is 25.9 Å². The van der Waals surface area contributed by atoms with Gasteiger partial charge in [-0.05, 0) is 25.7 Å². The average Bonchev–Trinajstić information content (AvgIpc) is 3.46. The zero-order valence-corrected chi connectivity index (χ0v) is 54.9. The van der Waals surface area contributed by atoms with E-state index in [2.05, 4.69) is 19.2 Å². The van der Waals surface area contributed by atoms with Crippen LogP contribution in [-0.4, -0.2) is 47.4 Å². The molecule has 0 aromatic carbocycles. The number of aliphatic hydroxyl groups is 2. The van der Waals surface area contributed by atoms with Crippen molar-refractivity contribution in [1.82, 2.24) is 5.32 Å². The maximum Gasteiger partial charge on any atom is 0.305 e. The van der Waals surface area contributed by atoms with Gasteiger partial charge in [0.05, 0.1) is 25.4 Å². The number of carbonyl (C=O) groups is 2. The SMILES string of the molecule is CCCCCCCCCCCCCCCCCCCCCC(=O)OCCCCCCCCCCCCCCCCCCCCCCCCCCCCC(=O)NC(CO)C(O)CCCCCCCCCCCCCCCCCCCC. The van der Waals surface area contributed by atoms with Crippen molar-refractivity contribution in [3.63, 3.8) is 0 Å². The Hall–Kier alpha value is -1.14. The number of amides is 1. The quantitative estimate of drug-likeness (QED) is 0.0417.